The van der Waals surface area contributed by atoms with Crippen molar-refractivity contribution in [2.45, 2.75) is 51.4 Å². The van der Waals surface area contributed by atoms with E-state index in [0.29, 0.717) is 13.1 Å². The van der Waals surface area contributed by atoms with Crippen LogP contribution in [0.3, 0.4) is 0 Å². The molecule has 8 nitrogen and oxygen atoms in total. The quantitative estimate of drug-likeness (QED) is 0.832. The lowest BCUT2D eigenvalue weighted by molar-refractivity contribution is -0.137. The third-order valence-corrected chi connectivity index (χ3v) is 4.64. The molecule has 1 aliphatic rings. The number of hydrogen-bond acceptors (Lipinski definition) is 5. The highest BCUT2D eigenvalue weighted by atomic mass is 16.6. The van der Waals surface area contributed by atoms with Crippen LogP contribution in [0, 0.1) is 0 Å². The molecule has 1 aromatic rings. The first-order chi connectivity index (χ1) is 13.5. The first kappa shape index (κ1) is 22.5. The number of amides is 3. The molecule has 1 aromatic carbocycles. The summed E-state index contributed by atoms with van der Waals surface area (Å²) in [7, 11) is 3.28. The lowest BCUT2D eigenvalue weighted by Crippen LogP contribution is -2.63. The smallest absolute Gasteiger partial charge is 0.410 e. The molecular formula is C21H31N3O5. The van der Waals surface area contributed by atoms with Crippen LogP contribution in [0.1, 0.15) is 39.2 Å². The molecule has 1 heterocycles. The maximum atomic E-state index is 12.9. The summed E-state index contributed by atoms with van der Waals surface area (Å²) in [6.07, 6.45) is -0.516. The summed E-state index contributed by atoms with van der Waals surface area (Å²) in [5.74, 6) is -0.224. The monoisotopic (exact) mass is 405 g/mol. The minimum absolute atomic E-state index is 0.114. The molecule has 29 heavy (non-hydrogen) atoms. The van der Waals surface area contributed by atoms with Crippen LogP contribution in [0.5, 0.6) is 0 Å². The van der Waals surface area contributed by atoms with Gasteiger partial charge in [-0.25, -0.2) is 9.59 Å². The van der Waals surface area contributed by atoms with Gasteiger partial charge in [0, 0.05) is 27.2 Å². The van der Waals surface area contributed by atoms with Gasteiger partial charge in [0.05, 0.1) is 0 Å². The molecular weight excluding hydrogens is 374 g/mol. The summed E-state index contributed by atoms with van der Waals surface area (Å²) in [4.78, 5) is 40.6. The van der Waals surface area contributed by atoms with E-state index in [1.807, 2.05) is 30.3 Å². The molecule has 0 aliphatic carbocycles. The van der Waals surface area contributed by atoms with E-state index in [-0.39, 0.29) is 25.4 Å². The van der Waals surface area contributed by atoms with Crippen molar-refractivity contribution in [1.29, 1.82) is 0 Å². The van der Waals surface area contributed by atoms with Crippen molar-refractivity contribution < 1.29 is 23.9 Å². The molecule has 1 fully saturated rings. The Kier molecular flexibility index (Phi) is 7.11. The Hall–Kier alpha value is -2.77. The zero-order valence-corrected chi connectivity index (χ0v) is 17.9. The van der Waals surface area contributed by atoms with Crippen molar-refractivity contribution in [1.82, 2.24) is 15.1 Å². The van der Waals surface area contributed by atoms with E-state index in [9.17, 15) is 14.4 Å². The number of nitrogens with one attached hydrogen (secondary N) is 1. The van der Waals surface area contributed by atoms with Gasteiger partial charge in [0.25, 0.3) is 0 Å². The van der Waals surface area contributed by atoms with Gasteiger partial charge < -0.3 is 24.6 Å². The number of carbonyl (C=O) groups excluding carboxylic acids is 3. The van der Waals surface area contributed by atoms with Crippen molar-refractivity contribution in [2.75, 3.05) is 27.2 Å². The number of hydrogen-bond donors (Lipinski definition) is 1. The fraction of sp³-hybridized carbons (Fsp3) is 0.571. The molecule has 0 saturated carbocycles. The second-order valence-corrected chi connectivity index (χ2v) is 8.44. The van der Waals surface area contributed by atoms with Crippen molar-refractivity contribution >= 4 is 18.1 Å². The van der Waals surface area contributed by atoms with Gasteiger partial charge in [0.1, 0.15) is 17.7 Å². The summed E-state index contributed by atoms with van der Waals surface area (Å²) in [5, 5.41) is 2.76. The second-order valence-electron chi connectivity index (χ2n) is 8.44. The highest BCUT2D eigenvalue weighted by Crippen LogP contribution is 2.26. The highest BCUT2D eigenvalue weighted by molar-refractivity contribution is 5.90. The molecule has 1 aliphatic heterocycles. The Labute approximate surface area is 172 Å². The summed E-state index contributed by atoms with van der Waals surface area (Å²) < 4.78 is 10.7. The Morgan fingerprint density at radius 1 is 1.10 bits per heavy atom. The maximum Gasteiger partial charge on any atom is 0.410 e. The van der Waals surface area contributed by atoms with Crippen LogP contribution >= 0.6 is 0 Å². The number of nitrogens with zero attached hydrogens (tertiary/aromatic N) is 2. The van der Waals surface area contributed by atoms with Crippen LogP contribution < -0.4 is 5.32 Å². The van der Waals surface area contributed by atoms with Gasteiger partial charge in [-0.1, -0.05) is 30.3 Å². The third kappa shape index (κ3) is 6.37. The van der Waals surface area contributed by atoms with Gasteiger partial charge in [0.2, 0.25) is 5.91 Å². The number of benzene rings is 1. The molecule has 2 rings (SSSR count). The Morgan fingerprint density at radius 3 is 2.21 bits per heavy atom. The topological polar surface area (TPSA) is 88.2 Å². The first-order valence-electron chi connectivity index (χ1n) is 9.71. The van der Waals surface area contributed by atoms with E-state index >= 15 is 0 Å². The summed E-state index contributed by atoms with van der Waals surface area (Å²) in [6, 6.07) is 9.31. The van der Waals surface area contributed by atoms with Crippen molar-refractivity contribution in [3.05, 3.63) is 35.9 Å². The van der Waals surface area contributed by atoms with Gasteiger partial charge >= 0.3 is 12.2 Å². The lowest BCUT2D eigenvalue weighted by atomic mass is 9.86. The standard InChI is InChI=1S/C21H31N3O5/c1-20(2,3)29-19(27)24-13-11-21(12-14-24,17(25)23(4)5)22-18(26)28-15-16-9-7-6-8-10-16/h6-10H,11-15H2,1-5H3,(H,22,26). The lowest BCUT2D eigenvalue weighted by Gasteiger charge is -2.42. The van der Waals surface area contributed by atoms with Crippen molar-refractivity contribution in [3.8, 4) is 0 Å². The van der Waals surface area contributed by atoms with Crippen LogP contribution in [-0.2, 0) is 20.9 Å². The average molecular weight is 405 g/mol. The normalized spacial score (nSPS) is 16.0. The molecule has 0 bridgehead atoms. The zero-order valence-electron chi connectivity index (χ0n) is 17.9. The number of likely N-dealkylation sites (tertiary alicyclic amines) is 1. The predicted molar refractivity (Wildman–Crippen MR) is 108 cm³/mol. The second kappa shape index (κ2) is 9.15. The van der Waals surface area contributed by atoms with E-state index in [4.69, 9.17) is 9.47 Å². The van der Waals surface area contributed by atoms with Gasteiger partial charge in [-0.2, -0.15) is 0 Å². The summed E-state index contributed by atoms with van der Waals surface area (Å²) >= 11 is 0. The van der Waals surface area contributed by atoms with Gasteiger partial charge in [-0.05, 0) is 39.2 Å². The van der Waals surface area contributed by atoms with Gasteiger partial charge in [-0.3, -0.25) is 4.79 Å². The average Bonchev–Trinajstić information content (AvgIpc) is 2.65. The van der Waals surface area contributed by atoms with Crippen LogP contribution in [0.2, 0.25) is 0 Å². The molecule has 1 N–H and O–H groups in total. The maximum absolute atomic E-state index is 12.9. The highest BCUT2D eigenvalue weighted by Gasteiger charge is 2.45. The molecule has 3 amide bonds. The predicted octanol–water partition coefficient (Wildman–Crippen LogP) is 2.77. The van der Waals surface area contributed by atoms with Gasteiger partial charge in [-0.15, -0.1) is 0 Å². The first-order valence-corrected chi connectivity index (χ1v) is 9.71. The molecule has 0 unspecified atom stereocenters. The Bertz CT molecular complexity index is 720. The minimum Gasteiger partial charge on any atom is -0.445 e. The van der Waals surface area contributed by atoms with E-state index < -0.39 is 23.3 Å². The third-order valence-electron chi connectivity index (χ3n) is 4.64. The molecule has 160 valence electrons. The Balaban J connectivity index is 2.02. The van der Waals surface area contributed by atoms with Crippen molar-refractivity contribution in [2.24, 2.45) is 0 Å². The van der Waals surface area contributed by atoms with Gasteiger partial charge in [0.15, 0.2) is 0 Å². The molecule has 0 spiro atoms. The zero-order chi connectivity index (χ0) is 21.7. The largest absolute Gasteiger partial charge is 0.445 e. The number of likely N-dealkylation sites (N-methyl/N-ethyl adjacent to an activating group) is 1. The SMILES string of the molecule is CN(C)C(=O)C1(NC(=O)OCc2ccccc2)CCN(C(=O)OC(C)(C)C)CC1. The number of piperidine rings is 1. The Morgan fingerprint density at radius 2 is 1.69 bits per heavy atom. The van der Waals surface area contributed by atoms with E-state index in [2.05, 4.69) is 5.32 Å². The molecule has 0 atom stereocenters. The van der Waals surface area contributed by atoms with Crippen LogP contribution in [0.25, 0.3) is 0 Å². The molecule has 8 heteroatoms. The fourth-order valence-corrected chi connectivity index (χ4v) is 3.17. The van der Waals surface area contributed by atoms with E-state index in [1.165, 1.54) is 4.90 Å². The van der Waals surface area contributed by atoms with E-state index in [1.54, 1.807) is 39.8 Å². The van der Waals surface area contributed by atoms with Crippen molar-refractivity contribution in [3.63, 3.8) is 0 Å². The minimum atomic E-state index is -1.12. The molecule has 1 saturated heterocycles. The number of carbonyl (C=O) groups is 3. The van der Waals surface area contributed by atoms with Crippen LogP contribution in [-0.4, -0.2) is 66.2 Å². The number of rotatable bonds is 4. The van der Waals surface area contributed by atoms with E-state index in [0.717, 1.165) is 5.56 Å². The fourth-order valence-electron chi connectivity index (χ4n) is 3.17. The number of ether oxygens (including phenoxy) is 2. The molecule has 0 aromatic heterocycles. The van der Waals surface area contributed by atoms with Crippen LogP contribution in [0.4, 0.5) is 9.59 Å². The summed E-state index contributed by atoms with van der Waals surface area (Å²) in [6.45, 7) is 6.13. The summed E-state index contributed by atoms with van der Waals surface area (Å²) in [5.41, 5.74) is -0.851. The number of alkyl carbamates (subject to hydrolysis) is 1. The van der Waals surface area contributed by atoms with Crippen LogP contribution in [0.15, 0.2) is 30.3 Å². The molecule has 0 radical (unpaired) electrons.